The first kappa shape index (κ1) is 19.2. The fourth-order valence-corrected chi connectivity index (χ4v) is 3.82. The second-order valence-corrected chi connectivity index (χ2v) is 8.85. The minimum Gasteiger partial charge on any atom is -0.332 e. The van der Waals surface area contributed by atoms with Gasteiger partial charge in [0.25, 0.3) is 0 Å². The molecule has 0 aliphatic carbocycles. The average Bonchev–Trinajstić information content (AvgIpc) is 2.65. The van der Waals surface area contributed by atoms with Gasteiger partial charge in [-0.05, 0) is 30.0 Å². The number of rotatable bonds is 4. The molecule has 0 saturated heterocycles. The van der Waals surface area contributed by atoms with E-state index in [1.165, 1.54) is 11.6 Å². The molecule has 1 N–H and O–H groups in total. The Labute approximate surface area is 160 Å². The van der Waals surface area contributed by atoms with Crippen molar-refractivity contribution < 1.29 is 13.2 Å². The van der Waals surface area contributed by atoms with Gasteiger partial charge in [-0.3, -0.25) is 0 Å². The minimum atomic E-state index is -3.22. The van der Waals surface area contributed by atoms with Crippen LogP contribution in [-0.2, 0) is 22.8 Å². The molecule has 2 aromatic carbocycles. The number of urea groups is 1. The summed E-state index contributed by atoms with van der Waals surface area (Å²) in [7, 11) is -3.22. The largest absolute Gasteiger partial charge is 0.332 e. The smallest absolute Gasteiger partial charge is 0.318 e. The third-order valence-electron chi connectivity index (χ3n) is 4.66. The number of sulfone groups is 1. The van der Waals surface area contributed by atoms with Gasteiger partial charge in [0.05, 0.1) is 6.04 Å². The van der Waals surface area contributed by atoms with Crippen molar-refractivity contribution in [2.24, 2.45) is 0 Å². The van der Waals surface area contributed by atoms with E-state index in [0.717, 1.165) is 29.2 Å². The van der Waals surface area contributed by atoms with Crippen molar-refractivity contribution in [1.82, 2.24) is 10.2 Å². The van der Waals surface area contributed by atoms with Gasteiger partial charge in [0.15, 0.2) is 9.84 Å². The van der Waals surface area contributed by atoms with Crippen LogP contribution in [0.5, 0.6) is 0 Å². The number of amides is 2. The van der Waals surface area contributed by atoms with E-state index in [9.17, 15) is 13.2 Å². The van der Waals surface area contributed by atoms with Crippen LogP contribution in [0.1, 0.15) is 29.7 Å². The maximum absolute atomic E-state index is 13.0. The lowest BCUT2D eigenvalue weighted by atomic mass is 9.90. The van der Waals surface area contributed by atoms with Crippen molar-refractivity contribution in [1.29, 1.82) is 0 Å². The number of fused-ring (bicyclic) bond motifs is 1. The second kappa shape index (κ2) is 7.96. The zero-order chi connectivity index (χ0) is 19.4. The maximum Gasteiger partial charge on any atom is 0.318 e. The molecule has 0 unspecified atom stereocenters. The number of nitrogens with zero attached hydrogens (tertiary/aromatic N) is 1. The highest BCUT2D eigenvalue weighted by Crippen LogP contribution is 2.33. The van der Waals surface area contributed by atoms with Crippen molar-refractivity contribution in [3.8, 4) is 0 Å². The van der Waals surface area contributed by atoms with Gasteiger partial charge in [0.2, 0.25) is 0 Å². The number of carbonyl (C=O) groups is 1. The van der Waals surface area contributed by atoms with Gasteiger partial charge in [0.1, 0.15) is 0 Å². The topological polar surface area (TPSA) is 66.5 Å². The summed E-state index contributed by atoms with van der Waals surface area (Å²) in [6.45, 7) is 2.28. The van der Waals surface area contributed by atoms with Gasteiger partial charge in [0, 0.05) is 24.3 Å². The fourth-order valence-electron chi connectivity index (χ4n) is 3.30. The molecule has 0 spiro atoms. The SMILES string of the molecule is C[C@@H](/C=C/S(C)(=O)=O)NC(=O)N1Cc2ccccc2C[C@@H]1c1ccccc1. The van der Waals surface area contributed by atoms with Crippen LogP contribution >= 0.6 is 0 Å². The molecule has 2 aromatic rings. The molecule has 0 radical (unpaired) electrons. The Hall–Kier alpha value is -2.60. The van der Waals surface area contributed by atoms with Crippen LogP contribution in [-0.4, -0.2) is 31.6 Å². The Balaban J connectivity index is 1.84. The van der Waals surface area contributed by atoms with E-state index in [0.29, 0.717) is 6.54 Å². The Morgan fingerprint density at radius 2 is 1.74 bits per heavy atom. The molecule has 2 atom stereocenters. The van der Waals surface area contributed by atoms with Gasteiger partial charge >= 0.3 is 6.03 Å². The first-order chi connectivity index (χ1) is 12.8. The predicted molar refractivity (Wildman–Crippen MR) is 107 cm³/mol. The highest BCUT2D eigenvalue weighted by Gasteiger charge is 2.31. The summed E-state index contributed by atoms with van der Waals surface area (Å²) in [4.78, 5) is 14.8. The van der Waals surface area contributed by atoms with Crippen LogP contribution in [0.25, 0.3) is 0 Å². The summed E-state index contributed by atoms with van der Waals surface area (Å²) in [6.07, 6.45) is 3.37. The Morgan fingerprint density at radius 1 is 1.11 bits per heavy atom. The van der Waals surface area contributed by atoms with Gasteiger partial charge in [-0.2, -0.15) is 0 Å². The minimum absolute atomic E-state index is 0.0628. The lowest BCUT2D eigenvalue weighted by Crippen LogP contribution is -2.47. The summed E-state index contributed by atoms with van der Waals surface area (Å²) in [5, 5.41) is 4.01. The number of nitrogens with one attached hydrogen (secondary N) is 1. The normalized spacial score (nSPS) is 18.1. The van der Waals surface area contributed by atoms with Crippen molar-refractivity contribution in [3.05, 3.63) is 82.8 Å². The summed E-state index contributed by atoms with van der Waals surface area (Å²) in [5.41, 5.74) is 3.47. The van der Waals surface area contributed by atoms with Crippen LogP contribution in [0.4, 0.5) is 4.79 Å². The molecule has 27 heavy (non-hydrogen) atoms. The van der Waals surface area contributed by atoms with Crippen molar-refractivity contribution in [3.63, 3.8) is 0 Å². The van der Waals surface area contributed by atoms with Crippen LogP contribution in [0, 0.1) is 0 Å². The molecule has 0 bridgehead atoms. The number of hydrogen-bond donors (Lipinski definition) is 1. The second-order valence-electron chi connectivity index (χ2n) is 6.92. The molecule has 6 heteroatoms. The van der Waals surface area contributed by atoms with Crippen molar-refractivity contribution in [2.45, 2.75) is 32.0 Å². The Morgan fingerprint density at radius 3 is 2.41 bits per heavy atom. The van der Waals surface area contributed by atoms with Crippen molar-refractivity contribution in [2.75, 3.05) is 6.26 Å². The molecule has 5 nitrogen and oxygen atoms in total. The predicted octanol–water partition coefficient (Wildman–Crippen LogP) is 3.44. The van der Waals surface area contributed by atoms with Crippen LogP contribution in [0.2, 0.25) is 0 Å². The quantitative estimate of drug-likeness (QED) is 0.878. The fraction of sp³-hybridized carbons (Fsp3) is 0.286. The molecule has 2 amide bonds. The standard InChI is InChI=1S/C21H24N2O3S/c1-16(12-13-27(2,25)26)22-21(24)23-15-19-11-7-6-10-18(19)14-20(23)17-8-4-3-5-9-17/h3-13,16,20H,14-15H2,1-2H3,(H,22,24)/b13-12+/t16-,20+/m0/s1. The summed E-state index contributed by atoms with van der Waals surface area (Å²) < 4.78 is 22.6. The highest BCUT2D eigenvalue weighted by atomic mass is 32.2. The molecule has 142 valence electrons. The average molecular weight is 385 g/mol. The highest BCUT2D eigenvalue weighted by molar-refractivity contribution is 7.93. The van der Waals surface area contributed by atoms with Crippen molar-refractivity contribution >= 4 is 15.9 Å². The molecule has 3 rings (SSSR count). The third-order valence-corrected chi connectivity index (χ3v) is 5.31. The van der Waals surface area contributed by atoms with E-state index in [4.69, 9.17) is 0 Å². The van der Waals surface area contributed by atoms with Gasteiger partial charge in [-0.1, -0.05) is 60.7 Å². The number of carbonyl (C=O) groups excluding carboxylic acids is 1. The molecule has 0 saturated carbocycles. The number of hydrogen-bond acceptors (Lipinski definition) is 3. The molecule has 0 aromatic heterocycles. The van der Waals surface area contributed by atoms with Gasteiger partial charge in [-0.25, -0.2) is 13.2 Å². The first-order valence-electron chi connectivity index (χ1n) is 8.90. The van der Waals surface area contributed by atoms with E-state index in [1.54, 1.807) is 6.92 Å². The summed E-state index contributed by atoms with van der Waals surface area (Å²) >= 11 is 0. The molecular weight excluding hydrogens is 360 g/mol. The van der Waals surface area contributed by atoms with Crippen LogP contribution in [0.15, 0.2) is 66.1 Å². The molecule has 1 heterocycles. The summed E-state index contributed by atoms with van der Waals surface area (Å²) in [6, 6.07) is 17.5. The van der Waals surface area contributed by atoms with Crippen LogP contribution in [0.3, 0.4) is 0 Å². The molecule has 1 aliphatic rings. The number of benzene rings is 2. The molecular formula is C21H24N2O3S. The van der Waals surface area contributed by atoms with Gasteiger partial charge < -0.3 is 10.2 Å². The maximum atomic E-state index is 13.0. The summed E-state index contributed by atoms with van der Waals surface area (Å²) in [5.74, 6) is 0. The Bertz CT molecular complexity index is 939. The Kier molecular flexibility index (Phi) is 5.65. The first-order valence-corrected chi connectivity index (χ1v) is 10.9. The van der Waals surface area contributed by atoms with E-state index < -0.39 is 9.84 Å². The van der Waals surface area contributed by atoms with E-state index in [1.807, 2.05) is 53.4 Å². The molecule has 1 aliphatic heterocycles. The van der Waals surface area contributed by atoms with E-state index in [2.05, 4.69) is 11.4 Å². The zero-order valence-corrected chi connectivity index (χ0v) is 16.3. The molecule has 0 fully saturated rings. The van der Waals surface area contributed by atoms with E-state index >= 15 is 0 Å². The lowest BCUT2D eigenvalue weighted by molar-refractivity contribution is 0.162. The monoisotopic (exact) mass is 384 g/mol. The van der Waals surface area contributed by atoms with Crippen LogP contribution < -0.4 is 5.32 Å². The zero-order valence-electron chi connectivity index (χ0n) is 15.5. The third kappa shape index (κ3) is 4.98. The van der Waals surface area contributed by atoms with Gasteiger partial charge in [-0.15, -0.1) is 0 Å². The van der Waals surface area contributed by atoms with E-state index in [-0.39, 0.29) is 18.1 Å². The lowest BCUT2D eigenvalue weighted by Gasteiger charge is -2.37.